The first-order chi connectivity index (χ1) is 10.6. The Kier molecular flexibility index (Phi) is 4.50. The van der Waals surface area contributed by atoms with E-state index in [1.807, 2.05) is 24.4 Å². The number of carbonyl (C=O) groups is 1. The number of halogens is 2. The molecule has 0 aliphatic carbocycles. The second-order valence-electron chi connectivity index (χ2n) is 4.99. The summed E-state index contributed by atoms with van der Waals surface area (Å²) >= 11 is 9.51. The molecular formula is C17H14BrClN2O. The number of rotatable bonds is 4. The van der Waals surface area contributed by atoms with Gasteiger partial charge in [-0.1, -0.05) is 39.7 Å². The molecule has 0 saturated heterocycles. The van der Waals surface area contributed by atoms with Gasteiger partial charge in [0.2, 0.25) is 0 Å². The molecule has 3 nitrogen and oxygen atoms in total. The molecule has 1 amide bonds. The van der Waals surface area contributed by atoms with E-state index in [1.54, 1.807) is 18.2 Å². The van der Waals surface area contributed by atoms with Crippen LogP contribution in [-0.2, 0) is 6.42 Å². The molecule has 5 heteroatoms. The molecule has 0 saturated carbocycles. The zero-order valence-corrected chi connectivity index (χ0v) is 14.0. The fraction of sp³-hybridized carbons (Fsp3) is 0.118. The van der Waals surface area contributed by atoms with Crippen molar-refractivity contribution in [3.8, 4) is 0 Å². The first kappa shape index (κ1) is 15.1. The second-order valence-corrected chi connectivity index (χ2v) is 6.31. The Bertz CT molecular complexity index is 828. The fourth-order valence-corrected chi connectivity index (χ4v) is 2.99. The second kappa shape index (κ2) is 6.55. The molecule has 0 aliphatic rings. The van der Waals surface area contributed by atoms with E-state index in [4.69, 9.17) is 11.6 Å². The third-order valence-corrected chi connectivity index (χ3v) is 4.35. The molecule has 0 bridgehead atoms. The lowest BCUT2D eigenvalue weighted by Gasteiger charge is -2.06. The molecule has 3 rings (SSSR count). The highest BCUT2D eigenvalue weighted by molar-refractivity contribution is 9.10. The quantitative estimate of drug-likeness (QED) is 0.688. The average molecular weight is 378 g/mol. The Morgan fingerprint density at radius 3 is 2.86 bits per heavy atom. The van der Waals surface area contributed by atoms with Gasteiger partial charge in [0, 0.05) is 28.1 Å². The van der Waals surface area contributed by atoms with Crippen molar-refractivity contribution in [2.24, 2.45) is 0 Å². The van der Waals surface area contributed by atoms with Crippen LogP contribution in [-0.4, -0.2) is 17.4 Å². The summed E-state index contributed by atoms with van der Waals surface area (Å²) in [5, 5.41) is 4.54. The minimum atomic E-state index is -0.147. The van der Waals surface area contributed by atoms with Crippen LogP contribution in [0, 0.1) is 0 Å². The monoisotopic (exact) mass is 376 g/mol. The summed E-state index contributed by atoms with van der Waals surface area (Å²) in [6.45, 7) is 0.559. The number of aromatic nitrogens is 1. The van der Waals surface area contributed by atoms with Crippen molar-refractivity contribution >= 4 is 44.3 Å². The van der Waals surface area contributed by atoms with Crippen LogP contribution < -0.4 is 5.32 Å². The van der Waals surface area contributed by atoms with Crippen molar-refractivity contribution in [3.05, 3.63) is 69.3 Å². The first-order valence-electron chi connectivity index (χ1n) is 6.93. The van der Waals surface area contributed by atoms with Gasteiger partial charge in [-0.3, -0.25) is 4.79 Å². The lowest BCUT2D eigenvalue weighted by Crippen LogP contribution is -2.25. The number of benzene rings is 2. The molecule has 0 spiro atoms. The zero-order valence-electron chi connectivity index (χ0n) is 11.7. The van der Waals surface area contributed by atoms with Crippen molar-refractivity contribution in [1.29, 1.82) is 0 Å². The van der Waals surface area contributed by atoms with Crippen LogP contribution in [0.4, 0.5) is 0 Å². The number of hydrogen-bond donors (Lipinski definition) is 2. The molecule has 2 aromatic carbocycles. The minimum Gasteiger partial charge on any atom is -0.361 e. The maximum atomic E-state index is 12.1. The highest BCUT2D eigenvalue weighted by Gasteiger charge is 2.09. The molecule has 3 aromatic rings. The summed E-state index contributed by atoms with van der Waals surface area (Å²) in [5.41, 5.74) is 2.78. The normalized spacial score (nSPS) is 10.8. The summed E-state index contributed by atoms with van der Waals surface area (Å²) in [4.78, 5) is 15.3. The predicted octanol–water partition coefficient (Wildman–Crippen LogP) is 4.56. The fourth-order valence-electron chi connectivity index (χ4n) is 2.41. The van der Waals surface area contributed by atoms with Gasteiger partial charge in [-0.25, -0.2) is 0 Å². The van der Waals surface area contributed by atoms with E-state index in [-0.39, 0.29) is 5.91 Å². The SMILES string of the molecule is O=C(NCCc1c[nH]c2ccc(Br)cc12)c1ccccc1Cl. The van der Waals surface area contributed by atoms with Gasteiger partial charge in [0.05, 0.1) is 10.6 Å². The van der Waals surface area contributed by atoms with Gasteiger partial charge in [-0.05, 0) is 42.3 Å². The van der Waals surface area contributed by atoms with E-state index < -0.39 is 0 Å². The predicted molar refractivity (Wildman–Crippen MR) is 93.5 cm³/mol. The summed E-state index contributed by atoms with van der Waals surface area (Å²) in [7, 11) is 0. The van der Waals surface area contributed by atoms with Crippen molar-refractivity contribution in [2.45, 2.75) is 6.42 Å². The van der Waals surface area contributed by atoms with Crippen LogP contribution in [0.2, 0.25) is 5.02 Å². The van der Waals surface area contributed by atoms with E-state index in [2.05, 4.69) is 32.3 Å². The third kappa shape index (κ3) is 3.18. The van der Waals surface area contributed by atoms with Crippen LogP contribution >= 0.6 is 27.5 Å². The summed E-state index contributed by atoms with van der Waals surface area (Å²) in [5.74, 6) is -0.147. The lowest BCUT2D eigenvalue weighted by molar-refractivity contribution is 0.0954. The van der Waals surface area contributed by atoms with Gasteiger partial charge in [0.25, 0.3) is 5.91 Å². The topological polar surface area (TPSA) is 44.9 Å². The summed E-state index contributed by atoms with van der Waals surface area (Å²) < 4.78 is 1.04. The molecule has 0 radical (unpaired) electrons. The Morgan fingerprint density at radius 2 is 2.05 bits per heavy atom. The van der Waals surface area contributed by atoms with Crippen LogP contribution in [0.1, 0.15) is 15.9 Å². The maximum absolute atomic E-state index is 12.1. The summed E-state index contributed by atoms with van der Waals surface area (Å²) in [6, 6.07) is 13.2. The number of nitrogens with one attached hydrogen (secondary N) is 2. The molecule has 0 fully saturated rings. The van der Waals surface area contributed by atoms with E-state index in [0.717, 1.165) is 16.4 Å². The van der Waals surface area contributed by atoms with E-state index in [1.165, 1.54) is 10.9 Å². The largest absolute Gasteiger partial charge is 0.361 e. The van der Waals surface area contributed by atoms with Gasteiger partial charge in [0.15, 0.2) is 0 Å². The number of amides is 1. The van der Waals surface area contributed by atoms with Gasteiger partial charge in [-0.15, -0.1) is 0 Å². The van der Waals surface area contributed by atoms with Gasteiger partial charge in [0.1, 0.15) is 0 Å². The van der Waals surface area contributed by atoms with Crippen molar-refractivity contribution in [3.63, 3.8) is 0 Å². The van der Waals surface area contributed by atoms with E-state index >= 15 is 0 Å². The van der Waals surface area contributed by atoms with E-state index in [0.29, 0.717) is 17.1 Å². The lowest BCUT2D eigenvalue weighted by atomic mass is 10.1. The highest BCUT2D eigenvalue weighted by atomic mass is 79.9. The van der Waals surface area contributed by atoms with Crippen LogP contribution in [0.3, 0.4) is 0 Å². The van der Waals surface area contributed by atoms with Crippen LogP contribution in [0.25, 0.3) is 10.9 Å². The Morgan fingerprint density at radius 1 is 1.23 bits per heavy atom. The van der Waals surface area contributed by atoms with Crippen molar-refractivity contribution in [1.82, 2.24) is 10.3 Å². The Labute approximate surface area is 141 Å². The molecule has 0 aliphatic heterocycles. The molecule has 112 valence electrons. The molecule has 1 aromatic heterocycles. The van der Waals surface area contributed by atoms with Crippen molar-refractivity contribution < 1.29 is 4.79 Å². The maximum Gasteiger partial charge on any atom is 0.252 e. The number of fused-ring (bicyclic) bond motifs is 1. The Balaban J connectivity index is 1.66. The Hall–Kier alpha value is -1.78. The van der Waals surface area contributed by atoms with Crippen LogP contribution in [0.5, 0.6) is 0 Å². The number of aromatic amines is 1. The molecule has 2 N–H and O–H groups in total. The van der Waals surface area contributed by atoms with E-state index in [9.17, 15) is 4.79 Å². The van der Waals surface area contributed by atoms with Crippen LogP contribution in [0.15, 0.2) is 53.1 Å². The molecule has 1 heterocycles. The highest BCUT2D eigenvalue weighted by Crippen LogP contribution is 2.23. The van der Waals surface area contributed by atoms with Gasteiger partial charge in [-0.2, -0.15) is 0 Å². The first-order valence-corrected chi connectivity index (χ1v) is 8.10. The van der Waals surface area contributed by atoms with Gasteiger partial charge >= 0.3 is 0 Å². The zero-order chi connectivity index (χ0) is 15.5. The van der Waals surface area contributed by atoms with Crippen molar-refractivity contribution in [2.75, 3.05) is 6.54 Å². The molecular weight excluding hydrogens is 364 g/mol. The number of H-pyrrole nitrogens is 1. The average Bonchev–Trinajstić information content (AvgIpc) is 2.90. The number of hydrogen-bond acceptors (Lipinski definition) is 1. The van der Waals surface area contributed by atoms with Gasteiger partial charge < -0.3 is 10.3 Å². The number of carbonyl (C=O) groups excluding carboxylic acids is 1. The minimum absolute atomic E-state index is 0.147. The molecule has 0 atom stereocenters. The molecule has 22 heavy (non-hydrogen) atoms. The third-order valence-electron chi connectivity index (χ3n) is 3.53. The summed E-state index contributed by atoms with van der Waals surface area (Å²) in [6.07, 6.45) is 2.74. The molecule has 0 unspecified atom stereocenters. The smallest absolute Gasteiger partial charge is 0.252 e. The standard InChI is InChI=1S/C17H14BrClN2O/c18-12-5-6-16-14(9-12)11(10-21-16)7-8-20-17(22)13-3-1-2-4-15(13)19/h1-6,9-10,21H,7-8H2,(H,20,22).